The summed E-state index contributed by atoms with van der Waals surface area (Å²) in [6.45, 7) is 5.78. The van der Waals surface area contributed by atoms with Crippen molar-refractivity contribution in [1.82, 2.24) is 0 Å². The van der Waals surface area contributed by atoms with Crippen molar-refractivity contribution in [2.75, 3.05) is 0 Å². The van der Waals surface area contributed by atoms with E-state index in [9.17, 15) is 0 Å². The molecule has 0 heterocycles. The average Bonchev–Trinajstić information content (AvgIpc) is 1.36. The first kappa shape index (κ1) is 10.7. The minimum atomic E-state index is -0.148. The smallest absolute Gasteiger partial charge is 0.0535 e. The van der Waals surface area contributed by atoms with Gasteiger partial charge in [0, 0.05) is 25.8 Å². The summed E-state index contributed by atoms with van der Waals surface area (Å²) in [5.41, 5.74) is 0. The summed E-state index contributed by atoms with van der Waals surface area (Å²) in [4.78, 5) is 0. The van der Waals surface area contributed by atoms with Crippen LogP contribution in [0.5, 0.6) is 0 Å². The Morgan fingerprint density at radius 1 is 1.14 bits per heavy atom. The van der Waals surface area contributed by atoms with Gasteiger partial charge in [0.15, 0.2) is 0 Å². The van der Waals surface area contributed by atoms with Gasteiger partial charge in [0.1, 0.15) is 0 Å². The van der Waals surface area contributed by atoms with Gasteiger partial charge in [-0.1, -0.05) is 13.8 Å². The fourth-order valence-electron chi connectivity index (χ4n) is 0. The van der Waals surface area contributed by atoms with Gasteiger partial charge in [-0.25, -0.2) is 0 Å². The standard InChI is InChI=1S/C5H12O.In/c1-4(2)5(3)6;/h4-6H,1-3H3;. The van der Waals surface area contributed by atoms with Crippen LogP contribution in [0, 0.1) is 5.92 Å². The molecule has 1 atom stereocenters. The Hall–Kier alpha value is 0.830. The summed E-state index contributed by atoms with van der Waals surface area (Å²) in [5, 5.41) is 8.63. The van der Waals surface area contributed by atoms with E-state index in [-0.39, 0.29) is 31.9 Å². The van der Waals surface area contributed by atoms with Crippen LogP contribution in [0.15, 0.2) is 0 Å². The molecule has 0 rings (SSSR count). The molecule has 1 N–H and O–H groups in total. The van der Waals surface area contributed by atoms with Crippen LogP contribution in [0.2, 0.25) is 0 Å². The molecule has 0 aliphatic rings. The molecule has 0 fully saturated rings. The maximum atomic E-state index is 8.63. The molecule has 0 saturated heterocycles. The normalized spacial score (nSPS) is 13.3. The molecular weight excluding hydrogens is 191 g/mol. The van der Waals surface area contributed by atoms with Gasteiger partial charge in [-0.2, -0.15) is 0 Å². The van der Waals surface area contributed by atoms with E-state index in [0.29, 0.717) is 5.92 Å². The van der Waals surface area contributed by atoms with E-state index >= 15 is 0 Å². The van der Waals surface area contributed by atoms with E-state index in [2.05, 4.69) is 0 Å². The third-order valence-electron chi connectivity index (χ3n) is 0.965. The van der Waals surface area contributed by atoms with Crippen LogP contribution in [0.25, 0.3) is 0 Å². The Labute approximate surface area is 63.9 Å². The van der Waals surface area contributed by atoms with E-state index in [0.717, 1.165) is 0 Å². The largest absolute Gasteiger partial charge is 0.393 e. The predicted octanol–water partition coefficient (Wildman–Crippen LogP) is 0.642. The molecule has 0 saturated carbocycles. The Morgan fingerprint density at radius 2 is 1.29 bits per heavy atom. The minimum Gasteiger partial charge on any atom is -0.393 e. The predicted molar refractivity (Wildman–Crippen MR) is 32.3 cm³/mol. The monoisotopic (exact) mass is 203 g/mol. The van der Waals surface area contributed by atoms with Gasteiger partial charge in [0.25, 0.3) is 0 Å². The second kappa shape index (κ2) is 4.98. The molecule has 7 heavy (non-hydrogen) atoms. The Kier molecular flexibility index (Phi) is 7.64. The molecule has 0 aliphatic carbocycles. The van der Waals surface area contributed by atoms with Crippen molar-refractivity contribution in [2.24, 2.45) is 5.92 Å². The Balaban J connectivity index is 0. The van der Waals surface area contributed by atoms with Gasteiger partial charge in [-0.05, 0) is 12.8 Å². The average molecular weight is 203 g/mol. The van der Waals surface area contributed by atoms with Crippen LogP contribution in [0.3, 0.4) is 0 Å². The quantitative estimate of drug-likeness (QED) is 0.662. The number of aliphatic hydroxyl groups is 1. The number of rotatable bonds is 1. The van der Waals surface area contributed by atoms with Gasteiger partial charge in [-0.3, -0.25) is 0 Å². The number of hydrogen-bond acceptors (Lipinski definition) is 1. The zero-order valence-electron chi connectivity index (χ0n) is 5.18. The second-order valence-corrected chi connectivity index (χ2v) is 1.98. The van der Waals surface area contributed by atoms with Gasteiger partial charge in [0.05, 0.1) is 6.10 Å². The molecule has 0 aromatic carbocycles. The first-order valence-corrected chi connectivity index (χ1v) is 2.32. The third kappa shape index (κ3) is 6.83. The molecule has 0 aromatic rings. The van der Waals surface area contributed by atoms with Gasteiger partial charge in [0.2, 0.25) is 0 Å². The summed E-state index contributed by atoms with van der Waals surface area (Å²) in [6, 6.07) is 0. The molecule has 0 amide bonds. The molecule has 3 radical (unpaired) electrons. The third-order valence-corrected chi connectivity index (χ3v) is 0.965. The Morgan fingerprint density at radius 3 is 1.29 bits per heavy atom. The maximum Gasteiger partial charge on any atom is 0.0535 e. The van der Waals surface area contributed by atoms with Crippen molar-refractivity contribution >= 4 is 25.8 Å². The zero-order valence-corrected chi connectivity index (χ0v) is 8.47. The molecule has 2 heteroatoms. The summed E-state index contributed by atoms with van der Waals surface area (Å²) in [5.74, 6) is 0.407. The second-order valence-electron chi connectivity index (χ2n) is 1.98. The fourth-order valence-corrected chi connectivity index (χ4v) is 0. The van der Waals surface area contributed by atoms with Crippen LogP contribution < -0.4 is 0 Å². The molecule has 0 bridgehead atoms. The minimum absolute atomic E-state index is 0. The summed E-state index contributed by atoms with van der Waals surface area (Å²) >= 11 is 0. The van der Waals surface area contributed by atoms with Crippen molar-refractivity contribution in [1.29, 1.82) is 0 Å². The number of aliphatic hydroxyl groups excluding tert-OH is 1. The topological polar surface area (TPSA) is 20.2 Å². The first-order valence-electron chi connectivity index (χ1n) is 2.32. The van der Waals surface area contributed by atoms with Gasteiger partial charge < -0.3 is 5.11 Å². The van der Waals surface area contributed by atoms with E-state index in [1.807, 2.05) is 13.8 Å². The molecule has 0 aromatic heterocycles. The van der Waals surface area contributed by atoms with Crippen molar-refractivity contribution in [2.45, 2.75) is 26.9 Å². The molecule has 1 nitrogen and oxygen atoms in total. The van der Waals surface area contributed by atoms with E-state index in [1.54, 1.807) is 6.92 Å². The zero-order chi connectivity index (χ0) is 5.15. The number of hydrogen-bond donors (Lipinski definition) is 1. The summed E-state index contributed by atoms with van der Waals surface area (Å²) in [7, 11) is 0. The van der Waals surface area contributed by atoms with Crippen LogP contribution in [0.1, 0.15) is 20.8 Å². The summed E-state index contributed by atoms with van der Waals surface area (Å²) in [6.07, 6.45) is -0.148. The Bertz CT molecular complexity index is 29.1. The van der Waals surface area contributed by atoms with Crippen molar-refractivity contribution < 1.29 is 5.11 Å². The van der Waals surface area contributed by atoms with E-state index < -0.39 is 0 Å². The van der Waals surface area contributed by atoms with Crippen LogP contribution in [-0.4, -0.2) is 37.1 Å². The molecule has 0 spiro atoms. The van der Waals surface area contributed by atoms with Crippen molar-refractivity contribution in [3.63, 3.8) is 0 Å². The fraction of sp³-hybridized carbons (Fsp3) is 1.00. The molecule has 0 aliphatic heterocycles. The summed E-state index contributed by atoms with van der Waals surface area (Å²) < 4.78 is 0. The SMILES string of the molecule is CC(C)C(C)O.[In]. The van der Waals surface area contributed by atoms with Crippen molar-refractivity contribution in [3.05, 3.63) is 0 Å². The van der Waals surface area contributed by atoms with Crippen LogP contribution in [-0.2, 0) is 0 Å². The molecule has 1 unspecified atom stereocenters. The van der Waals surface area contributed by atoms with Crippen LogP contribution in [0.4, 0.5) is 0 Å². The van der Waals surface area contributed by atoms with E-state index in [1.165, 1.54) is 0 Å². The van der Waals surface area contributed by atoms with Crippen LogP contribution >= 0.6 is 0 Å². The molecule has 41 valence electrons. The molecular formula is C5H12InO. The van der Waals surface area contributed by atoms with Crippen molar-refractivity contribution in [3.8, 4) is 0 Å². The first-order chi connectivity index (χ1) is 2.64. The van der Waals surface area contributed by atoms with Gasteiger partial charge >= 0.3 is 0 Å². The van der Waals surface area contributed by atoms with Gasteiger partial charge in [-0.15, -0.1) is 0 Å². The maximum absolute atomic E-state index is 8.63. The van der Waals surface area contributed by atoms with E-state index in [4.69, 9.17) is 5.11 Å².